The molecule has 27 heavy (non-hydrogen) atoms. The Morgan fingerprint density at radius 2 is 2.26 bits per heavy atom. The molecule has 0 aromatic carbocycles. The van der Waals surface area contributed by atoms with Gasteiger partial charge in [-0.1, -0.05) is 0 Å². The van der Waals surface area contributed by atoms with Crippen LogP contribution in [0.2, 0.25) is 0 Å². The standard InChI is InChI=1S/C19H32N6O2/c1-3-20-19(21-10-17-12-24-6-4-5-16(24)14-27-17)25-7-8-26-18(13-25)15-9-22-23(2)11-15/h9,11,16-18H,3-8,10,12-14H2,1-2H3,(H,20,21). The van der Waals surface area contributed by atoms with Crippen molar-refractivity contribution in [1.29, 1.82) is 0 Å². The number of aliphatic imine (C=N–C) groups is 1. The largest absolute Gasteiger partial charge is 0.373 e. The van der Waals surface area contributed by atoms with Crippen LogP contribution in [0.15, 0.2) is 17.4 Å². The molecule has 0 saturated carbocycles. The van der Waals surface area contributed by atoms with Crippen molar-refractivity contribution in [3.05, 3.63) is 18.0 Å². The minimum absolute atomic E-state index is 0.0348. The van der Waals surface area contributed by atoms with Crippen LogP contribution in [0.1, 0.15) is 31.4 Å². The van der Waals surface area contributed by atoms with Crippen LogP contribution in [0.4, 0.5) is 0 Å². The lowest BCUT2D eigenvalue weighted by atomic mass is 10.1. The highest BCUT2D eigenvalue weighted by molar-refractivity contribution is 5.80. The number of nitrogens with one attached hydrogen (secondary N) is 1. The maximum atomic E-state index is 6.07. The van der Waals surface area contributed by atoms with Crippen molar-refractivity contribution < 1.29 is 9.47 Å². The van der Waals surface area contributed by atoms with Crippen LogP contribution >= 0.6 is 0 Å². The van der Waals surface area contributed by atoms with Gasteiger partial charge in [0.2, 0.25) is 0 Å². The van der Waals surface area contributed by atoms with Gasteiger partial charge in [0, 0.05) is 44.5 Å². The summed E-state index contributed by atoms with van der Waals surface area (Å²) >= 11 is 0. The number of aryl methyl sites for hydroxylation is 1. The zero-order valence-electron chi connectivity index (χ0n) is 16.5. The van der Waals surface area contributed by atoms with Crippen molar-refractivity contribution in [2.75, 3.05) is 52.5 Å². The molecule has 1 N–H and O–H groups in total. The predicted molar refractivity (Wildman–Crippen MR) is 104 cm³/mol. The highest BCUT2D eigenvalue weighted by atomic mass is 16.5. The quantitative estimate of drug-likeness (QED) is 0.614. The molecule has 0 bridgehead atoms. The second-order valence-electron chi connectivity index (χ2n) is 7.69. The van der Waals surface area contributed by atoms with Crippen molar-refractivity contribution in [3.63, 3.8) is 0 Å². The van der Waals surface area contributed by atoms with Crippen molar-refractivity contribution in [1.82, 2.24) is 24.9 Å². The summed E-state index contributed by atoms with van der Waals surface area (Å²) in [7, 11) is 1.94. The number of hydrogen-bond donors (Lipinski definition) is 1. The number of aromatic nitrogens is 2. The van der Waals surface area contributed by atoms with Gasteiger partial charge in [-0.25, -0.2) is 0 Å². The van der Waals surface area contributed by atoms with E-state index in [0.717, 1.165) is 44.3 Å². The van der Waals surface area contributed by atoms with E-state index in [1.807, 2.05) is 24.1 Å². The van der Waals surface area contributed by atoms with Crippen molar-refractivity contribution >= 4 is 5.96 Å². The molecule has 3 atom stereocenters. The van der Waals surface area contributed by atoms with Gasteiger partial charge in [-0.15, -0.1) is 0 Å². The Kier molecular flexibility index (Phi) is 5.95. The van der Waals surface area contributed by atoms with Gasteiger partial charge in [0.25, 0.3) is 0 Å². The summed E-state index contributed by atoms with van der Waals surface area (Å²) in [6.07, 6.45) is 6.73. The first kappa shape index (κ1) is 18.7. The summed E-state index contributed by atoms with van der Waals surface area (Å²) in [4.78, 5) is 9.78. The van der Waals surface area contributed by atoms with E-state index >= 15 is 0 Å². The Morgan fingerprint density at radius 1 is 1.33 bits per heavy atom. The van der Waals surface area contributed by atoms with Gasteiger partial charge in [-0.3, -0.25) is 14.6 Å². The van der Waals surface area contributed by atoms with Crippen molar-refractivity contribution in [2.45, 2.75) is 38.0 Å². The number of fused-ring (bicyclic) bond motifs is 1. The van der Waals surface area contributed by atoms with Crippen molar-refractivity contribution in [3.8, 4) is 0 Å². The average Bonchev–Trinajstić information content (AvgIpc) is 3.33. The average molecular weight is 377 g/mol. The van der Waals surface area contributed by atoms with E-state index in [2.05, 4.69) is 27.1 Å². The fourth-order valence-corrected chi connectivity index (χ4v) is 4.26. The van der Waals surface area contributed by atoms with Gasteiger partial charge in [0.05, 0.1) is 38.6 Å². The SMILES string of the molecule is CCNC(=NCC1CN2CCCC2CO1)N1CCOC(c2cnn(C)c2)C1. The summed E-state index contributed by atoms with van der Waals surface area (Å²) in [6, 6.07) is 0.637. The molecule has 150 valence electrons. The third-order valence-electron chi connectivity index (χ3n) is 5.70. The molecule has 8 heteroatoms. The Bertz CT molecular complexity index is 648. The first-order valence-electron chi connectivity index (χ1n) is 10.2. The normalized spacial score (nSPS) is 29.8. The molecular weight excluding hydrogens is 344 g/mol. The van der Waals surface area contributed by atoms with Gasteiger partial charge in [-0.05, 0) is 26.3 Å². The molecule has 0 radical (unpaired) electrons. The summed E-state index contributed by atoms with van der Waals surface area (Å²) < 4.78 is 13.9. The van der Waals surface area contributed by atoms with Gasteiger partial charge < -0.3 is 19.7 Å². The maximum absolute atomic E-state index is 6.07. The van der Waals surface area contributed by atoms with E-state index in [0.29, 0.717) is 19.2 Å². The molecular formula is C19H32N6O2. The molecule has 4 heterocycles. The Balaban J connectivity index is 1.38. The second-order valence-corrected chi connectivity index (χ2v) is 7.69. The van der Waals surface area contributed by atoms with E-state index in [9.17, 15) is 0 Å². The fraction of sp³-hybridized carbons (Fsp3) is 0.789. The molecule has 3 saturated heterocycles. The van der Waals surface area contributed by atoms with Crippen LogP contribution in [0.25, 0.3) is 0 Å². The molecule has 0 aliphatic carbocycles. The molecule has 3 aliphatic heterocycles. The molecule has 0 spiro atoms. The van der Waals surface area contributed by atoms with Crippen LogP contribution in [0, 0.1) is 0 Å². The van der Waals surface area contributed by atoms with Gasteiger partial charge in [0.15, 0.2) is 5.96 Å². The molecule has 1 aromatic rings. The Morgan fingerprint density at radius 3 is 3.07 bits per heavy atom. The number of morpholine rings is 2. The van der Waals surface area contributed by atoms with E-state index in [-0.39, 0.29) is 12.2 Å². The number of guanidine groups is 1. The van der Waals surface area contributed by atoms with E-state index in [4.69, 9.17) is 14.5 Å². The van der Waals surface area contributed by atoms with E-state index < -0.39 is 0 Å². The molecule has 3 fully saturated rings. The van der Waals surface area contributed by atoms with E-state index in [1.165, 1.54) is 19.4 Å². The topological polar surface area (TPSA) is 67.2 Å². The molecule has 1 aromatic heterocycles. The third kappa shape index (κ3) is 4.44. The maximum Gasteiger partial charge on any atom is 0.194 e. The molecule has 3 unspecified atom stereocenters. The van der Waals surface area contributed by atoms with E-state index in [1.54, 1.807) is 0 Å². The molecule has 0 amide bonds. The fourth-order valence-electron chi connectivity index (χ4n) is 4.26. The highest BCUT2D eigenvalue weighted by Crippen LogP contribution is 2.23. The van der Waals surface area contributed by atoms with Crippen molar-refractivity contribution in [2.24, 2.45) is 12.0 Å². The smallest absolute Gasteiger partial charge is 0.194 e. The van der Waals surface area contributed by atoms with Crippen LogP contribution in [0.5, 0.6) is 0 Å². The summed E-state index contributed by atoms with van der Waals surface area (Å²) in [5.41, 5.74) is 1.12. The minimum atomic E-state index is 0.0348. The molecule has 8 nitrogen and oxygen atoms in total. The van der Waals surface area contributed by atoms with Crippen LogP contribution in [-0.4, -0.2) is 90.2 Å². The van der Waals surface area contributed by atoms with Gasteiger partial charge in [-0.2, -0.15) is 5.10 Å². The zero-order chi connectivity index (χ0) is 18.6. The first-order valence-corrected chi connectivity index (χ1v) is 10.2. The number of nitrogens with zero attached hydrogens (tertiary/aromatic N) is 5. The Hall–Kier alpha value is -1.64. The summed E-state index contributed by atoms with van der Waals surface area (Å²) in [5.74, 6) is 0.960. The first-order chi connectivity index (χ1) is 13.2. The lowest BCUT2D eigenvalue weighted by Crippen LogP contribution is -2.50. The Labute approximate surface area is 161 Å². The van der Waals surface area contributed by atoms with Crippen LogP contribution in [0.3, 0.4) is 0 Å². The van der Waals surface area contributed by atoms with Gasteiger partial charge >= 0.3 is 0 Å². The lowest BCUT2D eigenvalue weighted by Gasteiger charge is -2.36. The third-order valence-corrected chi connectivity index (χ3v) is 5.70. The molecule has 4 rings (SSSR count). The summed E-state index contributed by atoms with van der Waals surface area (Å²) in [5, 5.41) is 7.72. The monoisotopic (exact) mass is 376 g/mol. The minimum Gasteiger partial charge on any atom is -0.373 e. The second kappa shape index (κ2) is 8.58. The number of ether oxygens (including phenoxy) is 2. The van der Waals surface area contributed by atoms with Gasteiger partial charge in [0.1, 0.15) is 6.10 Å². The number of hydrogen-bond acceptors (Lipinski definition) is 5. The molecule has 3 aliphatic rings. The van der Waals surface area contributed by atoms with Crippen LogP contribution in [-0.2, 0) is 16.5 Å². The summed E-state index contributed by atoms with van der Waals surface area (Å²) in [6.45, 7) is 9.09. The number of rotatable bonds is 4. The highest BCUT2D eigenvalue weighted by Gasteiger charge is 2.32. The van der Waals surface area contributed by atoms with Crippen LogP contribution < -0.4 is 5.32 Å². The lowest BCUT2D eigenvalue weighted by molar-refractivity contribution is -0.0435. The predicted octanol–water partition coefficient (Wildman–Crippen LogP) is 0.622. The zero-order valence-corrected chi connectivity index (χ0v) is 16.5.